The molecule has 0 aliphatic heterocycles. The Bertz CT molecular complexity index is 166. The Balaban J connectivity index is 1.84. The van der Waals surface area contributed by atoms with E-state index in [4.69, 9.17) is 14.2 Å². The van der Waals surface area contributed by atoms with Crippen LogP contribution in [0.5, 0.6) is 0 Å². The predicted octanol–water partition coefficient (Wildman–Crippen LogP) is 2.62. The minimum atomic E-state index is 0.539. The highest BCUT2D eigenvalue weighted by molar-refractivity contribution is 9.09. The number of halogens is 1. The van der Waals surface area contributed by atoms with E-state index in [0.717, 1.165) is 11.9 Å². The molecule has 0 aromatic rings. The molecule has 16 heavy (non-hydrogen) atoms. The highest BCUT2D eigenvalue weighted by Crippen LogP contribution is 2.45. The second-order valence-corrected chi connectivity index (χ2v) is 5.02. The van der Waals surface area contributed by atoms with Crippen LogP contribution in [0.2, 0.25) is 0 Å². The lowest BCUT2D eigenvalue weighted by Crippen LogP contribution is -2.32. The lowest BCUT2D eigenvalue weighted by Gasteiger charge is -2.40. The molecule has 0 bridgehead atoms. The summed E-state index contributed by atoms with van der Waals surface area (Å²) in [6.45, 7) is 3.55. The van der Waals surface area contributed by atoms with Gasteiger partial charge in [0.2, 0.25) is 0 Å². The highest BCUT2D eigenvalue weighted by atomic mass is 79.9. The van der Waals surface area contributed by atoms with Crippen LogP contribution in [0, 0.1) is 5.41 Å². The van der Waals surface area contributed by atoms with Gasteiger partial charge in [-0.2, -0.15) is 0 Å². The fourth-order valence-corrected chi connectivity index (χ4v) is 2.72. The van der Waals surface area contributed by atoms with Crippen molar-refractivity contribution in [1.82, 2.24) is 0 Å². The quantitative estimate of drug-likeness (QED) is 0.458. The van der Waals surface area contributed by atoms with E-state index in [-0.39, 0.29) is 0 Å². The second kappa shape index (κ2) is 8.45. The first-order valence-corrected chi connectivity index (χ1v) is 7.15. The highest BCUT2D eigenvalue weighted by Gasteiger charge is 2.35. The zero-order valence-electron chi connectivity index (χ0n) is 10.2. The molecule has 0 heterocycles. The first-order chi connectivity index (χ1) is 7.83. The van der Waals surface area contributed by atoms with Gasteiger partial charge in [0, 0.05) is 19.0 Å². The number of alkyl halides is 1. The van der Waals surface area contributed by atoms with Crippen molar-refractivity contribution >= 4 is 15.9 Å². The van der Waals surface area contributed by atoms with Gasteiger partial charge in [-0.05, 0) is 24.7 Å². The van der Waals surface area contributed by atoms with Gasteiger partial charge in [-0.25, -0.2) is 0 Å². The summed E-state index contributed by atoms with van der Waals surface area (Å²) in [7, 11) is 1.68. The summed E-state index contributed by atoms with van der Waals surface area (Å²) in [6.07, 6.45) is 5.26. The van der Waals surface area contributed by atoms with Crippen LogP contribution in [-0.2, 0) is 14.2 Å². The molecule has 4 heteroatoms. The average molecular weight is 295 g/mol. The molecular weight excluding hydrogens is 272 g/mol. The van der Waals surface area contributed by atoms with Crippen LogP contribution >= 0.6 is 15.9 Å². The molecule has 0 aromatic carbocycles. The first-order valence-electron chi connectivity index (χ1n) is 6.03. The maximum Gasteiger partial charge on any atom is 0.0701 e. The third-order valence-electron chi connectivity index (χ3n) is 3.28. The van der Waals surface area contributed by atoms with Gasteiger partial charge >= 0.3 is 0 Å². The van der Waals surface area contributed by atoms with Gasteiger partial charge in [-0.3, -0.25) is 0 Å². The van der Waals surface area contributed by atoms with Crippen molar-refractivity contribution in [3.05, 3.63) is 0 Å². The van der Waals surface area contributed by atoms with Crippen molar-refractivity contribution < 1.29 is 14.2 Å². The summed E-state index contributed by atoms with van der Waals surface area (Å²) in [4.78, 5) is 0. The van der Waals surface area contributed by atoms with Crippen molar-refractivity contribution in [2.24, 2.45) is 5.41 Å². The van der Waals surface area contributed by atoms with Gasteiger partial charge in [0.05, 0.1) is 26.4 Å². The van der Waals surface area contributed by atoms with Crippen LogP contribution in [0.3, 0.4) is 0 Å². The summed E-state index contributed by atoms with van der Waals surface area (Å²) in [5, 5.41) is 1.12. The molecule has 0 aromatic heterocycles. The van der Waals surface area contributed by atoms with Crippen LogP contribution < -0.4 is 0 Å². The van der Waals surface area contributed by atoms with Gasteiger partial charge in [-0.1, -0.05) is 22.4 Å². The summed E-state index contributed by atoms with van der Waals surface area (Å²) in [5.74, 6) is 0. The molecule has 96 valence electrons. The van der Waals surface area contributed by atoms with E-state index in [0.29, 0.717) is 31.8 Å². The standard InChI is InChI=1S/C12H23BrO3/c1-14-7-8-16-10-9-15-6-5-12(11-13)3-2-4-12/h2-11H2,1H3. The molecule has 0 amide bonds. The monoisotopic (exact) mass is 294 g/mol. The Labute approximate surface area is 107 Å². The maximum atomic E-state index is 5.56. The maximum absolute atomic E-state index is 5.56. The summed E-state index contributed by atoms with van der Waals surface area (Å²) in [5.41, 5.74) is 0.539. The molecule has 3 nitrogen and oxygen atoms in total. The SMILES string of the molecule is COCCOCCOCCC1(CBr)CCC1. The van der Waals surface area contributed by atoms with E-state index in [1.54, 1.807) is 7.11 Å². The smallest absolute Gasteiger partial charge is 0.0701 e. The van der Waals surface area contributed by atoms with Gasteiger partial charge in [0.25, 0.3) is 0 Å². The molecule has 1 saturated carbocycles. The number of hydrogen-bond acceptors (Lipinski definition) is 3. The summed E-state index contributed by atoms with van der Waals surface area (Å²) in [6, 6.07) is 0. The molecule has 0 spiro atoms. The average Bonchev–Trinajstić information content (AvgIpc) is 2.25. The normalized spacial score (nSPS) is 18.4. The molecule has 0 unspecified atom stereocenters. The molecule has 0 saturated heterocycles. The molecular formula is C12H23BrO3. The van der Waals surface area contributed by atoms with Crippen LogP contribution in [0.4, 0.5) is 0 Å². The zero-order chi connectivity index (χ0) is 11.7. The number of rotatable bonds is 10. The third-order valence-corrected chi connectivity index (χ3v) is 4.47. The Morgan fingerprint density at radius 3 is 2.12 bits per heavy atom. The van der Waals surface area contributed by atoms with Gasteiger partial charge in [0.15, 0.2) is 0 Å². The molecule has 0 atom stereocenters. The zero-order valence-corrected chi connectivity index (χ0v) is 11.8. The van der Waals surface area contributed by atoms with Crippen LogP contribution in [0.1, 0.15) is 25.7 Å². The predicted molar refractivity (Wildman–Crippen MR) is 68.2 cm³/mol. The first kappa shape index (κ1) is 14.4. The van der Waals surface area contributed by atoms with Crippen molar-refractivity contribution in [2.45, 2.75) is 25.7 Å². The van der Waals surface area contributed by atoms with E-state index in [2.05, 4.69) is 15.9 Å². The van der Waals surface area contributed by atoms with E-state index >= 15 is 0 Å². The molecule has 1 fully saturated rings. The molecule has 1 aliphatic rings. The Hall–Kier alpha value is 0.360. The van der Waals surface area contributed by atoms with Crippen molar-refractivity contribution in [3.63, 3.8) is 0 Å². The number of methoxy groups -OCH3 is 1. The van der Waals surface area contributed by atoms with E-state index < -0.39 is 0 Å². The lowest BCUT2D eigenvalue weighted by atomic mass is 9.68. The molecule has 1 aliphatic carbocycles. The second-order valence-electron chi connectivity index (χ2n) is 4.45. The molecule has 0 radical (unpaired) electrons. The van der Waals surface area contributed by atoms with Crippen LogP contribution in [-0.4, -0.2) is 45.5 Å². The fourth-order valence-electron chi connectivity index (χ4n) is 1.88. The third kappa shape index (κ3) is 5.13. The number of hydrogen-bond donors (Lipinski definition) is 0. The lowest BCUT2D eigenvalue weighted by molar-refractivity contribution is 0.0106. The Kier molecular flexibility index (Phi) is 7.62. The summed E-state index contributed by atoms with van der Waals surface area (Å²) < 4.78 is 15.8. The van der Waals surface area contributed by atoms with Crippen molar-refractivity contribution in [1.29, 1.82) is 0 Å². The van der Waals surface area contributed by atoms with Gasteiger partial charge in [0.1, 0.15) is 0 Å². The van der Waals surface area contributed by atoms with Crippen LogP contribution in [0.25, 0.3) is 0 Å². The van der Waals surface area contributed by atoms with Crippen molar-refractivity contribution in [2.75, 3.05) is 45.5 Å². The van der Waals surface area contributed by atoms with E-state index in [1.807, 2.05) is 0 Å². The minimum Gasteiger partial charge on any atom is -0.382 e. The van der Waals surface area contributed by atoms with Crippen LogP contribution in [0.15, 0.2) is 0 Å². The van der Waals surface area contributed by atoms with E-state index in [1.165, 1.54) is 25.7 Å². The Morgan fingerprint density at radius 1 is 1.00 bits per heavy atom. The van der Waals surface area contributed by atoms with Gasteiger partial charge < -0.3 is 14.2 Å². The molecule has 0 N–H and O–H groups in total. The largest absolute Gasteiger partial charge is 0.382 e. The molecule has 1 rings (SSSR count). The topological polar surface area (TPSA) is 27.7 Å². The Morgan fingerprint density at radius 2 is 1.62 bits per heavy atom. The van der Waals surface area contributed by atoms with Gasteiger partial charge in [-0.15, -0.1) is 0 Å². The fraction of sp³-hybridized carbons (Fsp3) is 1.00. The number of ether oxygens (including phenoxy) is 3. The van der Waals surface area contributed by atoms with E-state index in [9.17, 15) is 0 Å². The minimum absolute atomic E-state index is 0.539. The summed E-state index contributed by atoms with van der Waals surface area (Å²) >= 11 is 3.60. The van der Waals surface area contributed by atoms with Crippen molar-refractivity contribution in [3.8, 4) is 0 Å².